The number of fused-ring (bicyclic) bond motifs is 1. The molecule has 0 atom stereocenters. The Kier molecular flexibility index (Phi) is 5.12. The Morgan fingerprint density at radius 2 is 1.92 bits per heavy atom. The quantitative estimate of drug-likeness (QED) is 0.842. The van der Waals surface area contributed by atoms with Crippen LogP contribution in [-0.2, 0) is 12.8 Å². The molecule has 25 heavy (non-hydrogen) atoms. The van der Waals surface area contributed by atoms with Crippen molar-refractivity contribution in [1.29, 1.82) is 0 Å². The molecule has 2 aromatic rings. The Bertz CT molecular complexity index is 782. The van der Waals surface area contributed by atoms with Gasteiger partial charge in [-0.2, -0.15) is 0 Å². The first-order valence-corrected chi connectivity index (χ1v) is 8.44. The van der Waals surface area contributed by atoms with Crippen LogP contribution in [-0.4, -0.2) is 31.2 Å². The van der Waals surface area contributed by atoms with Crippen molar-refractivity contribution >= 4 is 5.78 Å². The third-order valence-electron chi connectivity index (χ3n) is 4.26. The lowest BCUT2D eigenvalue weighted by Gasteiger charge is -2.12. The van der Waals surface area contributed by atoms with E-state index >= 15 is 0 Å². The maximum absolute atomic E-state index is 12.7. The number of ether oxygens (including phenoxy) is 3. The molecule has 0 saturated heterocycles. The molecular formula is C20H22O5. The molecule has 5 heteroatoms. The lowest BCUT2D eigenvalue weighted by molar-refractivity contribution is 0.0990. The van der Waals surface area contributed by atoms with Crippen LogP contribution in [0.15, 0.2) is 30.3 Å². The topological polar surface area (TPSA) is 65.0 Å². The summed E-state index contributed by atoms with van der Waals surface area (Å²) in [5.74, 6) is 1.75. The van der Waals surface area contributed by atoms with E-state index in [1.165, 1.54) is 6.07 Å². The molecule has 1 aliphatic heterocycles. The number of aromatic hydroxyl groups is 1. The maximum Gasteiger partial charge on any atom is 0.170 e. The molecular weight excluding hydrogens is 320 g/mol. The van der Waals surface area contributed by atoms with E-state index in [4.69, 9.17) is 14.2 Å². The number of phenolic OH excluding ortho intramolecular Hbond substituents is 1. The highest BCUT2D eigenvalue weighted by molar-refractivity contribution is 6.00. The van der Waals surface area contributed by atoms with E-state index in [-0.39, 0.29) is 18.0 Å². The Balaban J connectivity index is 1.84. The summed E-state index contributed by atoms with van der Waals surface area (Å²) in [6.45, 7) is 3.21. The molecule has 0 saturated carbocycles. The van der Waals surface area contributed by atoms with Crippen molar-refractivity contribution in [3.63, 3.8) is 0 Å². The van der Waals surface area contributed by atoms with Gasteiger partial charge in [0.15, 0.2) is 17.3 Å². The molecule has 5 nitrogen and oxygen atoms in total. The molecule has 0 bridgehead atoms. The Morgan fingerprint density at radius 1 is 1.16 bits per heavy atom. The average molecular weight is 342 g/mol. The number of hydrogen-bond acceptors (Lipinski definition) is 5. The first kappa shape index (κ1) is 17.1. The van der Waals surface area contributed by atoms with Crippen LogP contribution in [0.25, 0.3) is 0 Å². The first-order chi connectivity index (χ1) is 12.1. The zero-order valence-electron chi connectivity index (χ0n) is 14.5. The minimum atomic E-state index is -0.149. The largest absolute Gasteiger partial charge is 0.507 e. The standard InChI is InChI=1S/C20H22O5/c1-3-14-11-15(17(22)12-19(14)23-2)16(21)9-13-5-6-18-20(10-13)25-8-4-7-24-18/h5-6,10-12,22H,3-4,7-9H2,1-2H3. The summed E-state index contributed by atoms with van der Waals surface area (Å²) < 4.78 is 16.5. The van der Waals surface area contributed by atoms with E-state index in [0.29, 0.717) is 42.4 Å². The van der Waals surface area contributed by atoms with Crippen molar-refractivity contribution in [3.8, 4) is 23.0 Å². The summed E-state index contributed by atoms with van der Waals surface area (Å²) in [7, 11) is 1.55. The van der Waals surface area contributed by atoms with Crippen LogP contribution in [0.5, 0.6) is 23.0 Å². The lowest BCUT2D eigenvalue weighted by Crippen LogP contribution is -2.06. The summed E-state index contributed by atoms with van der Waals surface area (Å²) in [5.41, 5.74) is 2.02. The summed E-state index contributed by atoms with van der Waals surface area (Å²) in [6, 6.07) is 8.72. The van der Waals surface area contributed by atoms with Gasteiger partial charge in [-0.05, 0) is 35.7 Å². The number of phenols is 1. The summed E-state index contributed by atoms with van der Waals surface area (Å²) in [4.78, 5) is 12.7. The molecule has 132 valence electrons. The predicted molar refractivity (Wildman–Crippen MR) is 94.1 cm³/mol. The fraction of sp³-hybridized carbons (Fsp3) is 0.350. The molecule has 0 aromatic heterocycles. The first-order valence-electron chi connectivity index (χ1n) is 8.44. The molecule has 0 amide bonds. The van der Waals surface area contributed by atoms with Gasteiger partial charge in [0.2, 0.25) is 0 Å². The van der Waals surface area contributed by atoms with Gasteiger partial charge in [-0.1, -0.05) is 13.0 Å². The van der Waals surface area contributed by atoms with E-state index in [1.54, 1.807) is 13.2 Å². The monoisotopic (exact) mass is 342 g/mol. The molecule has 0 spiro atoms. The third-order valence-corrected chi connectivity index (χ3v) is 4.26. The number of carbonyl (C=O) groups is 1. The normalized spacial score (nSPS) is 13.2. The van der Waals surface area contributed by atoms with E-state index in [2.05, 4.69) is 0 Å². The zero-order valence-corrected chi connectivity index (χ0v) is 14.5. The molecule has 0 radical (unpaired) electrons. The van der Waals surface area contributed by atoms with Gasteiger partial charge in [-0.3, -0.25) is 4.79 Å². The molecule has 0 aliphatic carbocycles. The number of hydrogen-bond donors (Lipinski definition) is 1. The molecule has 1 heterocycles. The SMILES string of the molecule is CCc1cc(C(=O)Cc2ccc3c(c2)OCCCO3)c(O)cc1OC. The van der Waals surface area contributed by atoms with Crippen LogP contribution >= 0.6 is 0 Å². The molecule has 1 aliphatic rings. The van der Waals surface area contributed by atoms with Crippen molar-refractivity contribution in [2.75, 3.05) is 20.3 Å². The minimum Gasteiger partial charge on any atom is -0.507 e. The molecule has 0 unspecified atom stereocenters. The second-order valence-corrected chi connectivity index (χ2v) is 5.97. The van der Waals surface area contributed by atoms with Crippen LogP contribution in [0.2, 0.25) is 0 Å². The van der Waals surface area contributed by atoms with E-state index < -0.39 is 0 Å². The van der Waals surface area contributed by atoms with Crippen molar-refractivity contribution in [2.45, 2.75) is 26.2 Å². The second kappa shape index (κ2) is 7.47. The van der Waals surface area contributed by atoms with Crippen LogP contribution in [0.4, 0.5) is 0 Å². The molecule has 1 N–H and O–H groups in total. The van der Waals surface area contributed by atoms with Gasteiger partial charge in [0.25, 0.3) is 0 Å². The smallest absolute Gasteiger partial charge is 0.170 e. The predicted octanol–water partition coefficient (Wildman–Crippen LogP) is 3.55. The van der Waals surface area contributed by atoms with E-state index in [0.717, 1.165) is 17.5 Å². The van der Waals surface area contributed by atoms with Crippen molar-refractivity contribution in [3.05, 3.63) is 47.0 Å². The Hall–Kier alpha value is -2.69. The van der Waals surface area contributed by atoms with E-state index in [9.17, 15) is 9.90 Å². The zero-order chi connectivity index (χ0) is 17.8. The molecule has 0 fully saturated rings. The van der Waals surface area contributed by atoms with Gasteiger partial charge >= 0.3 is 0 Å². The Morgan fingerprint density at radius 3 is 2.64 bits per heavy atom. The summed E-state index contributed by atoms with van der Waals surface area (Å²) >= 11 is 0. The van der Waals surface area contributed by atoms with Gasteiger partial charge in [-0.15, -0.1) is 0 Å². The average Bonchev–Trinajstić information content (AvgIpc) is 2.86. The Labute approximate surface area is 147 Å². The van der Waals surface area contributed by atoms with Gasteiger partial charge in [0.1, 0.15) is 11.5 Å². The molecule has 2 aromatic carbocycles. The van der Waals surface area contributed by atoms with Gasteiger partial charge < -0.3 is 19.3 Å². The number of methoxy groups -OCH3 is 1. The van der Waals surface area contributed by atoms with Crippen molar-refractivity contribution < 1.29 is 24.1 Å². The minimum absolute atomic E-state index is 0.0617. The number of benzene rings is 2. The number of ketones is 1. The lowest BCUT2D eigenvalue weighted by atomic mass is 9.98. The van der Waals surface area contributed by atoms with Gasteiger partial charge in [-0.25, -0.2) is 0 Å². The van der Waals surface area contributed by atoms with Crippen LogP contribution < -0.4 is 14.2 Å². The highest BCUT2D eigenvalue weighted by Crippen LogP contribution is 2.32. The number of rotatable bonds is 5. The highest BCUT2D eigenvalue weighted by Gasteiger charge is 2.17. The summed E-state index contributed by atoms with van der Waals surface area (Å²) in [5, 5.41) is 10.2. The van der Waals surface area contributed by atoms with Gasteiger partial charge in [0, 0.05) is 18.9 Å². The fourth-order valence-corrected chi connectivity index (χ4v) is 2.90. The van der Waals surface area contributed by atoms with Gasteiger partial charge in [0.05, 0.1) is 25.9 Å². The van der Waals surface area contributed by atoms with Crippen LogP contribution in [0.3, 0.4) is 0 Å². The maximum atomic E-state index is 12.7. The second-order valence-electron chi connectivity index (χ2n) is 5.97. The third kappa shape index (κ3) is 3.71. The molecule has 3 rings (SSSR count). The summed E-state index contributed by atoms with van der Waals surface area (Å²) in [6.07, 6.45) is 1.73. The number of Topliss-reactive ketones (excluding diaryl/α,β-unsaturated/α-hetero) is 1. The van der Waals surface area contributed by atoms with Crippen LogP contribution in [0.1, 0.15) is 34.8 Å². The fourth-order valence-electron chi connectivity index (χ4n) is 2.90. The highest BCUT2D eigenvalue weighted by atomic mass is 16.5. The van der Waals surface area contributed by atoms with E-state index in [1.807, 2.05) is 25.1 Å². The van der Waals surface area contributed by atoms with Crippen molar-refractivity contribution in [1.82, 2.24) is 0 Å². The van der Waals surface area contributed by atoms with Crippen LogP contribution in [0, 0.1) is 0 Å². The number of carbonyl (C=O) groups excluding carboxylic acids is 1. The number of aryl methyl sites for hydroxylation is 1. The van der Waals surface area contributed by atoms with Crippen molar-refractivity contribution in [2.24, 2.45) is 0 Å².